The number of anilines is 1. The van der Waals surface area contributed by atoms with Gasteiger partial charge in [0.25, 0.3) is 0 Å². The van der Waals surface area contributed by atoms with Crippen LogP contribution in [0.25, 0.3) is 0 Å². The maximum atomic E-state index is 12.1. The van der Waals surface area contributed by atoms with Crippen molar-refractivity contribution in [2.45, 2.75) is 44.6 Å². The number of fused-ring (bicyclic) bond motifs is 1. The highest BCUT2D eigenvalue weighted by atomic mass is 32.2. The lowest BCUT2D eigenvalue weighted by Gasteiger charge is -2.21. The Balaban J connectivity index is 1.59. The Labute approximate surface area is 158 Å². The predicted molar refractivity (Wildman–Crippen MR) is 103 cm³/mol. The molecule has 0 saturated heterocycles. The average Bonchev–Trinajstić information content (AvgIpc) is 2.61. The molecule has 1 amide bonds. The lowest BCUT2D eigenvalue weighted by Crippen LogP contribution is -2.15. The summed E-state index contributed by atoms with van der Waals surface area (Å²) in [6.45, 7) is 4.19. The van der Waals surface area contributed by atoms with Crippen molar-refractivity contribution in [3.8, 4) is 6.07 Å². The van der Waals surface area contributed by atoms with Crippen molar-refractivity contribution in [2.75, 3.05) is 11.1 Å². The third-order valence-corrected chi connectivity index (χ3v) is 5.46. The monoisotopic (exact) mass is 366 g/mol. The molecule has 3 rings (SSSR count). The molecule has 0 fully saturated rings. The second kappa shape index (κ2) is 8.33. The van der Waals surface area contributed by atoms with Crippen molar-refractivity contribution in [1.29, 1.82) is 5.26 Å². The van der Waals surface area contributed by atoms with Crippen LogP contribution >= 0.6 is 11.8 Å². The number of thioether (sulfide) groups is 1. The summed E-state index contributed by atoms with van der Waals surface area (Å²) in [6.07, 6.45) is 5.13. The van der Waals surface area contributed by atoms with Gasteiger partial charge in [0.2, 0.25) is 5.91 Å². The SMILES string of the molecule is Cc1ccnc(NC(=O)CCSc2nc3c(cc2C#N)CC(C)CC3)c1. The molecule has 0 radical (unpaired) electrons. The summed E-state index contributed by atoms with van der Waals surface area (Å²) in [5.41, 5.74) is 3.98. The number of amides is 1. The van der Waals surface area contributed by atoms with Gasteiger partial charge in [-0.25, -0.2) is 9.97 Å². The van der Waals surface area contributed by atoms with E-state index >= 15 is 0 Å². The number of nitriles is 1. The van der Waals surface area contributed by atoms with Gasteiger partial charge in [0.1, 0.15) is 16.9 Å². The highest BCUT2D eigenvalue weighted by molar-refractivity contribution is 7.99. The first-order valence-electron chi connectivity index (χ1n) is 8.83. The van der Waals surface area contributed by atoms with Crippen LogP contribution in [0.4, 0.5) is 5.82 Å². The van der Waals surface area contributed by atoms with Crippen LogP contribution in [0.15, 0.2) is 29.4 Å². The van der Waals surface area contributed by atoms with Crippen LogP contribution in [-0.2, 0) is 17.6 Å². The highest BCUT2D eigenvalue weighted by Gasteiger charge is 2.19. The third kappa shape index (κ3) is 4.61. The van der Waals surface area contributed by atoms with E-state index in [1.165, 1.54) is 17.3 Å². The molecule has 2 heterocycles. The molecule has 1 unspecified atom stereocenters. The van der Waals surface area contributed by atoms with Crippen LogP contribution in [0.1, 0.15) is 42.1 Å². The van der Waals surface area contributed by atoms with Crippen LogP contribution < -0.4 is 5.32 Å². The van der Waals surface area contributed by atoms with Crippen LogP contribution in [0.3, 0.4) is 0 Å². The molecule has 134 valence electrons. The van der Waals surface area contributed by atoms with Crippen molar-refractivity contribution < 1.29 is 4.79 Å². The molecule has 6 heteroatoms. The van der Waals surface area contributed by atoms with Crippen molar-refractivity contribution in [3.05, 3.63) is 46.8 Å². The Morgan fingerprint density at radius 3 is 3.08 bits per heavy atom. The predicted octanol–water partition coefficient (Wildman–Crippen LogP) is 3.90. The van der Waals surface area contributed by atoms with Gasteiger partial charge in [-0.15, -0.1) is 11.8 Å². The molecule has 0 aliphatic heterocycles. The Morgan fingerprint density at radius 1 is 1.46 bits per heavy atom. The number of hydrogen-bond acceptors (Lipinski definition) is 5. The third-order valence-electron chi connectivity index (χ3n) is 4.47. The minimum atomic E-state index is -0.0825. The smallest absolute Gasteiger partial charge is 0.226 e. The van der Waals surface area contributed by atoms with E-state index in [-0.39, 0.29) is 5.91 Å². The summed E-state index contributed by atoms with van der Waals surface area (Å²) >= 11 is 1.47. The minimum absolute atomic E-state index is 0.0825. The normalized spacial score (nSPS) is 15.8. The fourth-order valence-corrected chi connectivity index (χ4v) is 3.98. The molecule has 1 aliphatic carbocycles. The summed E-state index contributed by atoms with van der Waals surface area (Å²) in [5.74, 6) is 1.71. The molecular formula is C20H22N4OS. The van der Waals surface area contributed by atoms with E-state index in [1.807, 2.05) is 25.1 Å². The van der Waals surface area contributed by atoms with Crippen LogP contribution in [-0.4, -0.2) is 21.6 Å². The molecule has 1 N–H and O–H groups in total. The summed E-state index contributed by atoms with van der Waals surface area (Å²) in [7, 11) is 0. The second-order valence-electron chi connectivity index (χ2n) is 6.77. The Bertz CT molecular complexity index is 859. The lowest BCUT2D eigenvalue weighted by atomic mass is 9.87. The molecule has 0 saturated carbocycles. The van der Waals surface area contributed by atoms with Gasteiger partial charge in [-0.1, -0.05) is 6.92 Å². The fraction of sp³-hybridized carbons (Fsp3) is 0.400. The molecule has 2 aromatic heterocycles. The van der Waals surface area contributed by atoms with Crippen molar-refractivity contribution in [2.24, 2.45) is 5.92 Å². The number of aromatic nitrogens is 2. The summed E-state index contributed by atoms with van der Waals surface area (Å²) in [6, 6.07) is 7.96. The van der Waals surface area contributed by atoms with Gasteiger partial charge in [-0.05, 0) is 61.4 Å². The van der Waals surface area contributed by atoms with Crippen LogP contribution in [0, 0.1) is 24.2 Å². The fourth-order valence-electron chi connectivity index (χ4n) is 3.07. The van der Waals surface area contributed by atoms with Gasteiger partial charge in [0.15, 0.2) is 0 Å². The second-order valence-corrected chi connectivity index (χ2v) is 7.86. The highest BCUT2D eigenvalue weighted by Crippen LogP contribution is 2.29. The minimum Gasteiger partial charge on any atom is -0.311 e. The van der Waals surface area contributed by atoms with Crippen molar-refractivity contribution in [3.63, 3.8) is 0 Å². The zero-order valence-corrected chi connectivity index (χ0v) is 15.9. The number of pyridine rings is 2. The molecule has 0 bridgehead atoms. The zero-order chi connectivity index (χ0) is 18.5. The number of nitrogens with one attached hydrogen (secondary N) is 1. The van der Waals surface area contributed by atoms with E-state index in [2.05, 4.69) is 23.3 Å². The first kappa shape index (κ1) is 18.4. The molecular weight excluding hydrogens is 344 g/mol. The molecule has 1 atom stereocenters. The molecule has 2 aromatic rings. The van der Waals surface area contributed by atoms with Crippen LogP contribution in [0.5, 0.6) is 0 Å². The zero-order valence-electron chi connectivity index (χ0n) is 15.1. The van der Waals surface area contributed by atoms with Gasteiger partial charge in [0, 0.05) is 24.1 Å². The van der Waals surface area contributed by atoms with Gasteiger partial charge in [0.05, 0.1) is 5.56 Å². The number of carbonyl (C=O) groups excluding carboxylic acids is 1. The first-order chi connectivity index (χ1) is 12.5. The van der Waals surface area contributed by atoms with E-state index in [0.717, 1.165) is 35.5 Å². The van der Waals surface area contributed by atoms with E-state index < -0.39 is 0 Å². The van der Waals surface area contributed by atoms with Gasteiger partial charge in [-0.3, -0.25) is 4.79 Å². The topological polar surface area (TPSA) is 78.7 Å². The quantitative estimate of drug-likeness (QED) is 0.812. The Hall–Kier alpha value is -2.39. The first-order valence-corrected chi connectivity index (χ1v) is 9.82. The summed E-state index contributed by atoms with van der Waals surface area (Å²) < 4.78 is 0. The Morgan fingerprint density at radius 2 is 2.31 bits per heavy atom. The molecule has 1 aliphatic rings. The molecule has 26 heavy (non-hydrogen) atoms. The molecule has 0 aromatic carbocycles. The molecule has 0 spiro atoms. The standard InChI is InChI=1S/C20H22N4OS/c1-13-3-4-17-15(9-13)11-16(12-21)20(23-17)26-8-6-19(25)24-18-10-14(2)5-7-22-18/h5,7,10-11,13H,3-4,6,8-9H2,1-2H3,(H,22,24,25). The summed E-state index contributed by atoms with van der Waals surface area (Å²) in [5, 5.41) is 13.0. The van der Waals surface area contributed by atoms with E-state index in [0.29, 0.717) is 29.5 Å². The average molecular weight is 366 g/mol. The largest absolute Gasteiger partial charge is 0.311 e. The number of carbonyl (C=O) groups is 1. The molecule has 5 nitrogen and oxygen atoms in total. The van der Waals surface area contributed by atoms with Gasteiger partial charge >= 0.3 is 0 Å². The van der Waals surface area contributed by atoms with E-state index in [4.69, 9.17) is 4.98 Å². The van der Waals surface area contributed by atoms with Gasteiger partial charge < -0.3 is 5.32 Å². The number of rotatable bonds is 5. The number of hydrogen-bond donors (Lipinski definition) is 1. The van der Waals surface area contributed by atoms with Crippen LogP contribution in [0.2, 0.25) is 0 Å². The van der Waals surface area contributed by atoms with Gasteiger partial charge in [-0.2, -0.15) is 5.26 Å². The lowest BCUT2D eigenvalue weighted by molar-refractivity contribution is -0.115. The van der Waals surface area contributed by atoms with Crippen molar-refractivity contribution >= 4 is 23.5 Å². The maximum absolute atomic E-state index is 12.1. The number of nitrogens with zero attached hydrogens (tertiary/aromatic N) is 3. The Kier molecular flexibility index (Phi) is 5.89. The summed E-state index contributed by atoms with van der Waals surface area (Å²) in [4.78, 5) is 20.9. The number of aryl methyl sites for hydroxylation is 2. The van der Waals surface area contributed by atoms with E-state index in [1.54, 1.807) is 6.20 Å². The van der Waals surface area contributed by atoms with E-state index in [9.17, 15) is 10.1 Å². The maximum Gasteiger partial charge on any atom is 0.226 e. The van der Waals surface area contributed by atoms with Crippen molar-refractivity contribution in [1.82, 2.24) is 9.97 Å².